The van der Waals surface area contributed by atoms with Crippen molar-refractivity contribution in [2.24, 2.45) is 7.05 Å². The van der Waals surface area contributed by atoms with Crippen LogP contribution in [0.5, 0.6) is 0 Å². The second-order valence-electron chi connectivity index (χ2n) is 5.28. The van der Waals surface area contributed by atoms with Crippen LogP contribution in [0.3, 0.4) is 0 Å². The van der Waals surface area contributed by atoms with Crippen LogP contribution in [-0.2, 0) is 7.05 Å². The van der Waals surface area contributed by atoms with Crippen molar-refractivity contribution in [3.63, 3.8) is 0 Å². The lowest BCUT2D eigenvalue weighted by Gasteiger charge is -2.11. The standard InChI is InChI=1S/C15H15Cl2N5S/c1-7-4-9-5-10(19-14(17)13(9)22(7)3)8(2)23-15-20-11(16)6-12(18)21-15/h4-6,8H,1-3H3,(H2,18,20,21). The quantitative estimate of drug-likeness (QED) is 0.321. The van der Waals surface area contributed by atoms with Crippen LogP contribution in [0.1, 0.15) is 23.6 Å². The fraction of sp³-hybridized carbons (Fsp3) is 0.267. The van der Waals surface area contributed by atoms with Crippen molar-refractivity contribution in [2.45, 2.75) is 24.3 Å². The molecule has 23 heavy (non-hydrogen) atoms. The molecule has 3 heterocycles. The molecule has 0 saturated carbocycles. The van der Waals surface area contributed by atoms with Gasteiger partial charge in [0.15, 0.2) is 10.3 Å². The summed E-state index contributed by atoms with van der Waals surface area (Å²) < 4.78 is 2.03. The minimum Gasteiger partial charge on any atom is -0.384 e. The topological polar surface area (TPSA) is 69.6 Å². The Morgan fingerprint density at radius 3 is 2.61 bits per heavy atom. The third-order valence-corrected chi connectivity index (χ3v) is 5.07. The smallest absolute Gasteiger partial charge is 0.191 e. The number of nitrogens with two attached hydrogens (primary N) is 1. The number of anilines is 1. The van der Waals surface area contributed by atoms with E-state index in [-0.39, 0.29) is 5.25 Å². The number of rotatable bonds is 3. The maximum atomic E-state index is 6.36. The van der Waals surface area contributed by atoms with Crippen molar-refractivity contribution in [3.8, 4) is 0 Å². The Hall–Kier alpha value is -1.50. The number of hydrogen-bond acceptors (Lipinski definition) is 5. The summed E-state index contributed by atoms with van der Waals surface area (Å²) in [5.41, 5.74) is 8.63. The lowest BCUT2D eigenvalue weighted by molar-refractivity contribution is 0.910. The predicted octanol–water partition coefficient (Wildman–Crippen LogP) is 4.41. The Labute approximate surface area is 148 Å². The maximum Gasteiger partial charge on any atom is 0.191 e. The van der Waals surface area contributed by atoms with E-state index in [0.29, 0.717) is 21.3 Å². The lowest BCUT2D eigenvalue weighted by atomic mass is 10.2. The number of halogens is 2. The number of aryl methyl sites for hydroxylation is 2. The van der Waals surface area contributed by atoms with Crippen molar-refractivity contribution in [2.75, 3.05) is 5.73 Å². The van der Waals surface area contributed by atoms with Gasteiger partial charge in [0, 0.05) is 24.2 Å². The minimum atomic E-state index is 0.00952. The summed E-state index contributed by atoms with van der Waals surface area (Å²) in [6, 6.07) is 5.65. The highest BCUT2D eigenvalue weighted by Crippen LogP contribution is 2.35. The van der Waals surface area contributed by atoms with Crippen LogP contribution in [0.2, 0.25) is 10.3 Å². The monoisotopic (exact) mass is 367 g/mol. The van der Waals surface area contributed by atoms with Gasteiger partial charge in [0.1, 0.15) is 11.0 Å². The van der Waals surface area contributed by atoms with Crippen LogP contribution in [-0.4, -0.2) is 19.5 Å². The number of pyridine rings is 1. The number of thioether (sulfide) groups is 1. The zero-order valence-electron chi connectivity index (χ0n) is 12.8. The van der Waals surface area contributed by atoms with Crippen molar-refractivity contribution in [1.82, 2.24) is 19.5 Å². The molecule has 0 fully saturated rings. The highest BCUT2D eigenvalue weighted by Gasteiger charge is 2.16. The Kier molecular flexibility index (Phi) is 4.40. The first-order chi connectivity index (χ1) is 10.8. The van der Waals surface area contributed by atoms with Gasteiger partial charge >= 0.3 is 0 Å². The summed E-state index contributed by atoms with van der Waals surface area (Å²) in [6.45, 7) is 4.06. The highest BCUT2D eigenvalue weighted by atomic mass is 35.5. The van der Waals surface area contributed by atoms with Gasteiger partial charge in [0.25, 0.3) is 0 Å². The van der Waals surface area contributed by atoms with Crippen molar-refractivity contribution in [3.05, 3.63) is 39.9 Å². The molecule has 3 rings (SSSR count). The molecule has 0 saturated heterocycles. The van der Waals surface area contributed by atoms with Gasteiger partial charge in [-0.25, -0.2) is 15.0 Å². The van der Waals surface area contributed by atoms with Gasteiger partial charge < -0.3 is 10.3 Å². The van der Waals surface area contributed by atoms with E-state index in [1.54, 1.807) is 0 Å². The van der Waals surface area contributed by atoms with E-state index >= 15 is 0 Å². The molecule has 1 unspecified atom stereocenters. The molecule has 3 aromatic rings. The molecule has 5 nitrogen and oxygen atoms in total. The third-order valence-electron chi connectivity index (χ3n) is 3.62. The first-order valence-electron chi connectivity index (χ1n) is 6.94. The largest absolute Gasteiger partial charge is 0.384 e. The molecule has 0 aliphatic rings. The maximum absolute atomic E-state index is 6.36. The molecule has 0 spiro atoms. The molecule has 0 radical (unpaired) electrons. The number of aromatic nitrogens is 4. The molecule has 0 aliphatic heterocycles. The minimum absolute atomic E-state index is 0.00952. The van der Waals surface area contributed by atoms with E-state index in [4.69, 9.17) is 28.9 Å². The molecule has 120 valence electrons. The fourth-order valence-electron chi connectivity index (χ4n) is 2.38. The van der Waals surface area contributed by atoms with Crippen molar-refractivity contribution in [1.29, 1.82) is 0 Å². The molecule has 2 N–H and O–H groups in total. The second-order valence-corrected chi connectivity index (χ2v) is 7.33. The van der Waals surface area contributed by atoms with E-state index in [1.807, 2.05) is 31.5 Å². The number of nitrogens with zero attached hydrogens (tertiary/aromatic N) is 4. The fourth-order valence-corrected chi connectivity index (χ4v) is 3.82. The summed E-state index contributed by atoms with van der Waals surface area (Å²) in [6.07, 6.45) is 0. The van der Waals surface area contributed by atoms with Gasteiger partial charge in [-0.2, -0.15) is 0 Å². The van der Waals surface area contributed by atoms with Crippen LogP contribution in [0.4, 0.5) is 5.82 Å². The average Bonchev–Trinajstić information content (AvgIpc) is 2.73. The van der Waals surface area contributed by atoms with Crippen LogP contribution in [0.15, 0.2) is 23.4 Å². The van der Waals surface area contributed by atoms with Crippen LogP contribution >= 0.6 is 35.0 Å². The third kappa shape index (κ3) is 3.24. The van der Waals surface area contributed by atoms with Crippen LogP contribution in [0, 0.1) is 6.92 Å². The zero-order valence-corrected chi connectivity index (χ0v) is 15.2. The highest BCUT2D eigenvalue weighted by molar-refractivity contribution is 7.99. The van der Waals surface area contributed by atoms with E-state index in [2.05, 4.69) is 21.0 Å². The predicted molar refractivity (Wildman–Crippen MR) is 96.2 cm³/mol. The summed E-state index contributed by atoms with van der Waals surface area (Å²) in [5.74, 6) is 0.347. The van der Waals surface area contributed by atoms with Gasteiger partial charge in [-0.1, -0.05) is 35.0 Å². The van der Waals surface area contributed by atoms with Crippen molar-refractivity contribution >= 4 is 51.7 Å². The van der Waals surface area contributed by atoms with E-state index in [0.717, 1.165) is 22.3 Å². The lowest BCUT2D eigenvalue weighted by Crippen LogP contribution is -1.99. The van der Waals surface area contributed by atoms with Gasteiger partial charge in [-0.05, 0) is 26.0 Å². The first-order valence-corrected chi connectivity index (χ1v) is 8.58. The molecule has 3 aromatic heterocycles. The molecule has 1 atom stereocenters. The average molecular weight is 368 g/mol. The Bertz CT molecular complexity index is 873. The van der Waals surface area contributed by atoms with Gasteiger partial charge in [0.05, 0.1) is 16.5 Å². The number of hydrogen-bond donors (Lipinski definition) is 1. The normalized spacial score (nSPS) is 12.7. The van der Waals surface area contributed by atoms with E-state index < -0.39 is 0 Å². The Morgan fingerprint density at radius 1 is 1.17 bits per heavy atom. The van der Waals surface area contributed by atoms with Gasteiger partial charge in [-0.3, -0.25) is 0 Å². The van der Waals surface area contributed by atoms with E-state index in [9.17, 15) is 0 Å². The van der Waals surface area contributed by atoms with Gasteiger partial charge in [0.2, 0.25) is 0 Å². The molecule has 0 bridgehead atoms. The number of nitrogen functional groups attached to an aromatic ring is 1. The Morgan fingerprint density at radius 2 is 1.91 bits per heavy atom. The zero-order chi connectivity index (χ0) is 16.7. The molecular weight excluding hydrogens is 353 g/mol. The second kappa shape index (κ2) is 6.19. The molecule has 0 aromatic carbocycles. The van der Waals surface area contributed by atoms with E-state index in [1.165, 1.54) is 17.8 Å². The van der Waals surface area contributed by atoms with Crippen molar-refractivity contribution < 1.29 is 0 Å². The summed E-state index contributed by atoms with van der Waals surface area (Å²) in [7, 11) is 1.98. The number of fused-ring (bicyclic) bond motifs is 1. The first kappa shape index (κ1) is 16.4. The molecule has 0 amide bonds. The Balaban J connectivity index is 1.96. The molecule has 0 aliphatic carbocycles. The van der Waals surface area contributed by atoms with Crippen LogP contribution in [0.25, 0.3) is 10.9 Å². The molecule has 8 heteroatoms. The summed E-state index contributed by atoms with van der Waals surface area (Å²) >= 11 is 13.7. The summed E-state index contributed by atoms with van der Waals surface area (Å²) in [4.78, 5) is 12.9. The van der Waals surface area contributed by atoms with Gasteiger partial charge in [-0.15, -0.1) is 0 Å². The SMILES string of the molecule is Cc1cc2cc(C(C)Sc3nc(N)cc(Cl)n3)nc(Cl)c2n1C. The molecular formula is C15H15Cl2N5S. The van der Waals surface area contributed by atoms with Crippen LogP contribution < -0.4 is 5.73 Å². The summed E-state index contributed by atoms with van der Waals surface area (Å²) in [5, 5.41) is 2.42.